The number of hydrogen-bond donors (Lipinski definition) is 2. The molecule has 9 nitrogen and oxygen atoms in total. The number of nitrogens with zero attached hydrogens (tertiary/aromatic N) is 3. The first-order chi connectivity index (χ1) is 9.51. The van der Waals surface area contributed by atoms with Crippen LogP contribution >= 0.6 is 0 Å². The number of nitro groups is 1. The van der Waals surface area contributed by atoms with Gasteiger partial charge < -0.3 is 5.32 Å². The Labute approximate surface area is 112 Å². The van der Waals surface area contributed by atoms with E-state index < -0.39 is 21.9 Å². The lowest BCUT2D eigenvalue weighted by molar-refractivity contribution is -0.386. The molecule has 0 aliphatic heterocycles. The highest BCUT2D eigenvalue weighted by Crippen LogP contribution is 2.06. The van der Waals surface area contributed by atoms with Crippen molar-refractivity contribution in [1.29, 1.82) is 0 Å². The van der Waals surface area contributed by atoms with E-state index in [0.29, 0.717) is 11.4 Å². The standard InChI is InChI=1S/C11H11N5O4/c1-12-9-3-2-7(4-13-9)5-15-6-8(16(19)20)10(17)14-11(15)18/h2-4,6H,5H2,1H3,(H,12,13)(H,14,17,18). The zero-order valence-corrected chi connectivity index (χ0v) is 10.5. The molecular weight excluding hydrogens is 266 g/mol. The zero-order valence-electron chi connectivity index (χ0n) is 10.5. The molecule has 0 bridgehead atoms. The molecule has 0 atom stereocenters. The first kappa shape index (κ1) is 13.5. The fourth-order valence-electron chi connectivity index (χ4n) is 1.61. The summed E-state index contributed by atoms with van der Waals surface area (Å²) in [6, 6.07) is 3.43. The number of pyridine rings is 1. The predicted molar refractivity (Wildman–Crippen MR) is 70.9 cm³/mol. The molecule has 0 saturated carbocycles. The largest absolute Gasteiger partial charge is 0.373 e. The molecule has 0 radical (unpaired) electrons. The molecule has 2 aromatic heterocycles. The van der Waals surface area contributed by atoms with Gasteiger partial charge in [0.25, 0.3) is 0 Å². The van der Waals surface area contributed by atoms with Gasteiger partial charge in [-0.15, -0.1) is 0 Å². The van der Waals surface area contributed by atoms with Crippen LogP contribution in [0, 0.1) is 10.1 Å². The first-order valence-electron chi connectivity index (χ1n) is 5.62. The highest BCUT2D eigenvalue weighted by molar-refractivity contribution is 5.34. The Kier molecular flexibility index (Phi) is 3.60. The molecule has 2 N–H and O–H groups in total. The van der Waals surface area contributed by atoms with Crippen molar-refractivity contribution >= 4 is 11.5 Å². The molecule has 0 spiro atoms. The van der Waals surface area contributed by atoms with Gasteiger partial charge in [-0.3, -0.25) is 24.5 Å². The van der Waals surface area contributed by atoms with E-state index in [9.17, 15) is 19.7 Å². The van der Waals surface area contributed by atoms with E-state index in [2.05, 4.69) is 10.3 Å². The van der Waals surface area contributed by atoms with E-state index >= 15 is 0 Å². The third kappa shape index (κ3) is 2.71. The molecular formula is C11H11N5O4. The molecule has 2 heterocycles. The third-order valence-corrected chi connectivity index (χ3v) is 2.62. The van der Waals surface area contributed by atoms with Gasteiger partial charge in [-0.25, -0.2) is 9.78 Å². The lowest BCUT2D eigenvalue weighted by atomic mass is 10.3. The van der Waals surface area contributed by atoms with Crippen LogP contribution in [0.15, 0.2) is 34.1 Å². The maximum atomic E-state index is 11.6. The number of H-pyrrole nitrogens is 1. The normalized spacial score (nSPS) is 10.2. The number of nitrogens with one attached hydrogen (secondary N) is 2. The van der Waals surface area contributed by atoms with Gasteiger partial charge >= 0.3 is 16.9 Å². The first-order valence-corrected chi connectivity index (χ1v) is 5.62. The summed E-state index contributed by atoms with van der Waals surface area (Å²) >= 11 is 0. The molecule has 0 unspecified atom stereocenters. The Bertz CT molecular complexity index is 747. The quantitative estimate of drug-likeness (QED) is 0.595. The molecule has 2 aromatic rings. The molecule has 0 aliphatic rings. The van der Waals surface area contributed by atoms with Crippen molar-refractivity contribution in [2.45, 2.75) is 6.54 Å². The van der Waals surface area contributed by atoms with Gasteiger partial charge in [0.05, 0.1) is 17.7 Å². The van der Waals surface area contributed by atoms with E-state index in [-0.39, 0.29) is 6.54 Å². The summed E-state index contributed by atoms with van der Waals surface area (Å²) < 4.78 is 1.05. The minimum atomic E-state index is -1.01. The van der Waals surface area contributed by atoms with E-state index in [4.69, 9.17) is 0 Å². The van der Waals surface area contributed by atoms with Gasteiger partial charge in [0.15, 0.2) is 0 Å². The van der Waals surface area contributed by atoms with Crippen molar-refractivity contribution in [1.82, 2.24) is 14.5 Å². The Balaban J connectivity index is 2.37. The van der Waals surface area contributed by atoms with Gasteiger partial charge in [0.2, 0.25) is 0 Å². The number of aromatic amines is 1. The molecule has 0 fully saturated rings. The Morgan fingerprint density at radius 1 is 1.45 bits per heavy atom. The molecule has 104 valence electrons. The second-order valence-electron chi connectivity index (χ2n) is 3.96. The van der Waals surface area contributed by atoms with Crippen LogP contribution in [-0.4, -0.2) is 26.5 Å². The second-order valence-corrected chi connectivity index (χ2v) is 3.96. The topological polar surface area (TPSA) is 123 Å². The minimum Gasteiger partial charge on any atom is -0.373 e. The van der Waals surface area contributed by atoms with Gasteiger partial charge in [0.1, 0.15) is 5.82 Å². The highest BCUT2D eigenvalue weighted by atomic mass is 16.6. The molecule has 2 rings (SSSR count). The summed E-state index contributed by atoms with van der Waals surface area (Å²) in [7, 11) is 1.72. The number of rotatable bonds is 4. The van der Waals surface area contributed by atoms with Crippen LogP contribution in [-0.2, 0) is 6.54 Å². The van der Waals surface area contributed by atoms with Crippen molar-refractivity contribution < 1.29 is 4.92 Å². The van der Waals surface area contributed by atoms with Crippen LogP contribution in [0.3, 0.4) is 0 Å². The lowest BCUT2D eigenvalue weighted by Crippen LogP contribution is -2.31. The third-order valence-electron chi connectivity index (χ3n) is 2.62. The number of aromatic nitrogens is 3. The van der Waals surface area contributed by atoms with Gasteiger partial charge in [-0.1, -0.05) is 6.07 Å². The van der Waals surface area contributed by atoms with Gasteiger partial charge in [0, 0.05) is 13.2 Å². The van der Waals surface area contributed by atoms with Crippen molar-refractivity contribution in [2.24, 2.45) is 0 Å². The summed E-state index contributed by atoms with van der Waals surface area (Å²) in [6.07, 6.45) is 2.46. The monoisotopic (exact) mass is 277 g/mol. The van der Waals surface area contributed by atoms with E-state index in [0.717, 1.165) is 10.8 Å². The van der Waals surface area contributed by atoms with E-state index in [1.165, 1.54) is 6.20 Å². The SMILES string of the molecule is CNc1ccc(Cn2cc([N+](=O)[O-])c(=O)[nH]c2=O)cn1. The fraction of sp³-hybridized carbons (Fsp3) is 0.182. The number of hydrogen-bond acceptors (Lipinski definition) is 6. The van der Waals surface area contributed by atoms with Crippen molar-refractivity contribution in [3.63, 3.8) is 0 Å². The molecule has 0 aliphatic carbocycles. The van der Waals surface area contributed by atoms with E-state index in [1.807, 2.05) is 4.98 Å². The smallest absolute Gasteiger partial charge is 0.350 e. The van der Waals surface area contributed by atoms with Crippen LogP contribution in [0.2, 0.25) is 0 Å². The van der Waals surface area contributed by atoms with Crippen molar-refractivity contribution in [2.75, 3.05) is 12.4 Å². The Morgan fingerprint density at radius 3 is 2.75 bits per heavy atom. The van der Waals surface area contributed by atoms with Crippen LogP contribution in [0.4, 0.5) is 11.5 Å². The fourth-order valence-corrected chi connectivity index (χ4v) is 1.61. The van der Waals surface area contributed by atoms with Crippen LogP contribution in [0.1, 0.15) is 5.56 Å². The van der Waals surface area contributed by atoms with Crippen LogP contribution in [0.25, 0.3) is 0 Å². The summed E-state index contributed by atoms with van der Waals surface area (Å²) in [4.78, 5) is 38.6. The Hall–Kier alpha value is -2.97. The average molecular weight is 277 g/mol. The Morgan fingerprint density at radius 2 is 2.20 bits per heavy atom. The van der Waals surface area contributed by atoms with Crippen LogP contribution in [0.5, 0.6) is 0 Å². The summed E-state index contributed by atoms with van der Waals surface area (Å²) in [5, 5.41) is 13.5. The summed E-state index contributed by atoms with van der Waals surface area (Å²) in [5.41, 5.74) is -1.73. The lowest BCUT2D eigenvalue weighted by Gasteiger charge is -2.05. The number of anilines is 1. The van der Waals surface area contributed by atoms with E-state index in [1.54, 1.807) is 19.2 Å². The molecule has 20 heavy (non-hydrogen) atoms. The van der Waals surface area contributed by atoms with Gasteiger partial charge in [-0.2, -0.15) is 0 Å². The summed E-state index contributed by atoms with van der Waals surface area (Å²) in [6.45, 7) is 0.0768. The average Bonchev–Trinajstić information content (AvgIpc) is 2.42. The zero-order chi connectivity index (χ0) is 14.7. The molecule has 0 saturated heterocycles. The summed E-state index contributed by atoms with van der Waals surface area (Å²) in [5.74, 6) is 0.661. The van der Waals surface area contributed by atoms with Crippen molar-refractivity contribution in [3.8, 4) is 0 Å². The molecule has 0 amide bonds. The maximum Gasteiger partial charge on any atom is 0.350 e. The molecule has 0 aromatic carbocycles. The van der Waals surface area contributed by atoms with Crippen LogP contribution < -0.4 is 16.6 Å². The highest BCUT2D eigenvalue weighted by Gasteiger charge is 2.14. The minimum absolute atomic E-state index is 0.0768. The molecule has 9 heteroatoms. The predicted octanol–water partition coefficient (Wildman–Crippen LogP) is -0.0702. The van der Waals surface area contributed by atoms with Gasteiger partial charge in [-0.05, 0) is 11.6 Å². The second kappa shape index (κ2) is 5.34. The van der Waals surface area contributed by atoms with Crippen molar-refractivity contribution in [3.05, 3.63) is 61.0 Å². The maximum absolute atomic E-state index is 11.6.